The highest BCUT2D eigenvalue weighted by atomic mass is 15.2. The van der Waals surface area contributed by atoms with Crippen LogP contribution in [0.2, 0.25) is 0 Å². The Labute approximate surface area is 286 Å². The Morgan fingerprint density at radius 3 is 0.792 bits per heavy atom. The lowest BCUT2D eigenvalue weighted by atomic mass is 9.77. The van der Waals surface area contributed by atoms with Crippen molar-refractivity contribution in [3.63, 3.8) is 0 Å². The molecule has 0 bridgehead atoms. The molecule has 0 atom stereocenters. The molecule has 0 unspecified atom stereocenters. The molecule has 0 heterocycles. The van der Waals surface area contributed by atoms with E-state index < -0.39 is 11.1 Å². The lowest BCUT2D eigenvalue weighted by molar-refractivity contribution is 0.262. The molecule has 6 rings (SSSR count). The predicted octanol–water partition coefficient (Wildman–Crippen LogP) is 7.41. The summed E-state index contributed by atoms with van der Waals surface area (Å²) >= 11 is 0. The van der Waals surface area contributed by atoms with Gasteiger partial charge in [-0.15, -0.1) is 0 Å². The topological polar surface area (TPSA) is 53.3 Å². The number of hydrogen-bond donors (Lipinski definition) is 3. The van der Waals surface area contributed by atoms with E-state index in [9.17, 15) is 0 Å². The normalized spacial score (nSPS) is 11.9. The van der Waals surface area contributed by atoms with Crippen LogP contribution in [-0.2, 0) is 11.1 Å². The van der Waals surface area contributed by atoms with E-state index in [1.54, 1.807) is 0 Å². The van der Waals surface area contributed by atoms with Gasteiger partial charge in [0, 0.05) is 39.3 Å². The molecule has 4 heteroatoms. The average molecular weight is 631 g/mol. The van der Waals surface area contributed by atoms with Gasteiger partial charge >= 0.3 is 0 Å². The lowest BCUT2D eigenvalue weighted by Gasteiger charge is -2.39. The second-order valence-corrected chi connectivity index (χ2v) is 12.2. The Balaban J connectivity index is 1.26. The largest absolute Gasteiger partial charge is 0.329 e. The van der Waals surface area contributed by atoms with Crippen molar-refractivity contribution in [2.45, 2.75) is 11.1 Å². The first-order valence-electron chi connectivity index (χ1n) is 17.0. The molecule has 0 spiro atoms. The van der Waals surface area contributed by atoms with Crippen LogP contribution in [0.4, 0.5) is 0 Å². The maximum Gasteiger partial charge on any atom is 0.0948 e. The fraction of sp³-hybridized carbons (Fsp3) is 0.182. The summed E-state index contributed by atoms with van der Waals surface area (Å²) in [7, 11) is 0. The van der Waals surface area contributed by atoms with E-state index in [0.29, 0.717) is 6.54 Å². The third kappa shape index (κ3) is 7.18. The summed E-state index contributed by atoms with van der Waals surface area (Å²) in [4.78, 5) is 2.47. The van der Waals surface area contributed by atoms with E-state index in [-0.39, 0.29) is 0 Å². The Bertz CT molecular complexity index is 1440. The second-order valence-electron chi connectivity index (χ2n) is 12.2. The summed E-state index contributed by atoms with van der Waals surface area (Å²) < 4.78 is 0. The van der Waals surface area contributed by atoms with Crippen molar-refractivity contribution in [1.82, 2.24) is 15.5 Å². The van der Waals surface area contributed by atoms with E-state index in [1.807, 2.05) is 0 Å². The summed E-state index contributed by atoms with van der Waals surface area (Å²) in [5, 5.41) is 8.10. The highest BCUT2D eigenvalue weighted by Crippen LogP contribution is 2.38. The molecule has 242 valence electrons. The van der Waals surface area contributed by atoms with Gasteiger partial charge in [-0.05, 0) is 33.4 Å². The lowest BCUT2D eigenvalue weighted by Crippen LogP contribution is -2.50. The fourth-order valence-electron chi connectivity index (χ4n) is 7.06. The van der Waals surface area contributed by atoms with E-state index in [4.69, 9.17) is 5.73 Å². The Morgan fingerprint density at radius 1 is 0.354 bits per heavy atom. The highest BCUT2D eigenvalue weighted by Gasteiger charge is 2.37. The quantitative estimate of drug-likeness (QED) is 0.0976. The fourth-order valence-corrected chi connectivity index (χ4v) is 7.06. The van der Waals surface area contributed by atoms with Crippen LogP contribution in [0.25, 0.3) is 0 Å². The average Bonchev–Trinajstić information content (AvgIpc) is 3.17. The molecule has 0 amide bonds. The van der Waals surface area contributed by atoms with Crippen LogP contribution < -0.4 is 16.4 Å². The predicted molar refractivity (Wildman–Crippen MR) is 200 cm³/mol. The van der Waals surface area contributed by atoms with Crippen LogP contribution in [0.5, 0.6) is 0 Å². The van der Waals surface area contributed by atoms with Gasteiger partial charge in [0.25, 0.3) is 0 Å². The maximum atomic E-state index is 6.21. The molecule has 0 aliphatic carbocycles. The zero-order valence-corrected chi connectivity index (χ0v) is 27.6. The number of nitrogens with zero attached hydrogens (tertiary/aromatic N) is 1. The van der Waals surface area contributed by atoms with Crippen molar-refractivity contribution in [2.24, 2.45) is 5.73 Å². The molecule has 0 aromatic heterocycles. The zero-order valence-electron chi connectivity index (χ0n) is 27.6. The van der Waals surface area contributed by atoms with E-state index in [0.717, 1.165) is 32.7 Å². The van der Waals surface area contributed by atoms with Gasteiger partial charge in [-0.2, -0.15) is 0 Å². The monoisotopic (exact) mass is 630 g/mol. The third-order valence-electron chi connectivity index (χ3n) is 9.32. The molecule has 0 aliphatic rings. The van der Waals surface area contributed by atoms with Gasteiger partial charge in [-0.25, -0.2) is 0 Å². The summed E-state index contributed by atoms with van der Waals surface area (Å²) in [5.41, 5.74) is 12.5. The molecule has 0 saturated heterocycles. The van der Waals surface area contributed by atoms with Crippen molar-refractivity contribution in [3.8, 4) is 0 Å². The van der Waals surface area contributed by atoms with Crippen molar-refractivity contribution in [3.05, 3.63) is 215 Å². The SMILES string of the molecule is NCCN(CCNC(c1ccccc1)(c1ccccc1)c1ccccc1)CCNC(c1ccccc1)(c1ccccc1)c1ccccc1. The summed E-state index contributed by atoms with van der Waals surface area (Å²) in [6.07, 6.45) is 0. The first-order chi connectivity index (χ1) is 23.8. The smallest absolute Gasteiger partial charge is 0.0948 e. The van der Waals surface area contributed by atoms with Crippen molar-refractivity contribution in [1.29, 1.82) is 0 Å². The molecule has 0 radical (unpaired) electrons. The molecule has 48 heavy (non-hydrogen) atoms. The van der Waals surface area contributed by atoms with E-state index >= 15 is 0 Å². The Morgan fingerprint density at radius 2 is 0.583 bits per heavy atom. The molecule has 6 aromatic rings. The zero-order chi connectivity index (χ0) is 32.9. The van der Waals surface area contributed by atoms with Crippen molar-refractivity contribution < 1.29 is 0 Å². The Kier molecular flexibility index (Phi) is 11.2. The number of hydrogen-bond acceptors (Lipinski definition) is 4. The molecule has 4 N–H and O–H groups in total. The van der Waals surface area contributed by atoms with Gasteiger partial charge in [0.15, 0.2) is 0 Å². The van der Waals surface area contributed by atoms with E-state index in [1.165, 1.54) is 33.4 Å². The van der Waals surface area contributed by atoms with Crippen LogP contribution in [0.15, 0.2) is 182 Å². The van der Waals surface area contributed by atoms with Crippen LogP contribution in [-0.4, -0.2) is 44.2 Å². The summed E-state index contributed by atoms with van der Waals surface area (Å²) in [6.45, 7) is 4.67. The number of benzene rings is 6. The maximum absolute atomic E-state index is 6.21. The number of nitrogens with two attached hydrogens (primary N) is 1. The second kappa shape index (κ2) is 16.3. The van der Waals surface area contributed by atoms with Crippen molar-refractivity contribution >= 4 is 0 Å². The van der Waals surface area contributed by atoms with Crippen molar-refractivity contribution in [2.75, 3.05) is 39.3 Å². The van der Waals surface area contributed by atoms with Crippen LogP contribution in [0.3, 0.4) is 0 Å². The summed E-state index contributed by atoms with van der Waals surface area (Å²) in [6, 6.07) is 64.8. The van der Waals surface area contributed by atoms with Gasteiger partial charge in [0.1, 0.15) is 0 Å². The minimum atomic E-state index is -0.500. The first-order valence-corrected chi connectivity index (χ1v) is 17.0. The number of nitrogens with one attached hydrogen (secondary N) is 2. The minimum Gasteiger partial charge on any atom is -0.329 e. The van der Waals surface area contributed by atoms with Gasteiger partial charge in [-0.1, -0.05) is 182 Å². The van der Waals surface area contributed by atoms with Gasteiger partial charge < -0.3 is 5.73 Å². The molecular weight excluding hydrogens is 585 g/mol. The first kappa shape index (κ1) is 33.1. The molecule has 0 aliphatic heterocycles. The minimum absolute atomic E-state index is 0.500. The van der Waals surface area contributed by atoms with Gasteiger partial charge in [0.05, 0.1) is 11.1 Å². The van der Waals surface area contributed by atoms with Gasteiger partial charge in [0.2, 0.25) is 0 Å². The van der Waals surface area contributed by atoms with Crippen LogP contribution in [0, 0.1) is 0 Å². The highest BCUT2D eigenvalue weighted by molar-refractivity contribution is 5.50. The molecule has 0 fully saturated rings. The third-order valence-corrected chi connectivity index (χ3v) is 9.32. The standard InChI is InChI=1S/C44H46N4/c45-31-34-48(35-32-46-43(37-19-7-1-8-20-37,38-21-9-2-10-22-38)39-23-11-3-12-24-39)36-33-47-44(40-25-13-4-14-26-40,41-27-15-5-16-28-41)42-29-17-6-18-30-42/h1-30,46-47H,31-36,45H2. The van der Waals surface area contributed by atoms with Crippen LogP contribution in [0.1, 0.15) is 33.4 Å². The van der Waals surface area contributed by atoms with E-state index in [2.05, 4.69) is 198 Å². The molecule has 0 saturated carbocycles. The van der Waals surface area contributed by atoms with Gasteiger partial charge in [-0.3, -0.25) is 15.5 Å². The molecule has 6 aromatic carbocycles. The number of rotatable bonds is 16. The van der Waals surface area contributed by atoms with Crippen LogP contribution >= 0.6 is 0 Å². The molecular formula is C44H46N4. The Hall–Kier alpha value is -4.84. The molecule has 4 nitrogen and oxygen atoms in total. The summed E-state index contributed by atoms with van der Waals surface area (Å²) in [5.74, 6) is 0.